The van der Waals surface area contributed by atoms with Crippen LogP contribution in [-0.2, 0) is 0 Å². The van der Waals surface area contributed by atoms with Crippen LogP contribution in [0.1, 0.15) is 23.7 Å². The minimum absolute atomic E-state index is 0.0781. The molecular weight excluding hydrogens is 238 g/mol. The predicted octanol–water partition coefficient (Wildman–Crippen LogP) is 2.07. The lowest BCUT2D eigenvalue weighted by Gasteiger charge is -2.17. The summed E-state index contributed by atoms with van der Waals surface area (Å²) >= 11 is 0. The van der Waals surface area contributed by atoms with E-state index in [0.717, 1.165) is 25.3 Å². The molecule has 98 valence electrons. The number of nitrogens with zero attached hydrogens (tertiary/aromatic N) is 2. The minimum atomic E-state index is -0.0781. The summed E-state index contributed by atoms with van der Waals surface area (Å²) in [4.78, 5) is 20.8. The lowest BCUT2D eigenvalue weighted by molar-refractivity contribution is 0.773. The highest BCUT2D eigenvalue weighted by Gasteiger charge is 2.24. The van der Waals surface area contributed by atoms with E-state index in [2.05, 4.69) is 39.1 Å². The Morgan fingerprint density at radius 1 is 1.32 bits per heavy atom. The number of H-pyrrole nitrogens is 1. The van der Waals surface area contributed by atoms with Gasteiger partial charge in [-0.1, -0.05) is 30.3 Å². The number of rotatable bonds is 2. The molecule has 1 atom stereocenters. The molecule has 1 unspecified atom stereocenters. The van der Waals surface area contributed by atoms with Gasteiger partial charge in [0.2, 0.25) is 0 Å². The number of aromatic amines is 1. The van der Waals surface area contributed by atoms with Crippen LogP contribution in [0.2, 0.25) is 0 Å². The molecule has 2 aromatic rings. The summed E-state index contributed by atoms with van der Waals surface area (Å²) in [7, 11) is 0. The Kier molecular flexibility index (Phi) is 3.07. The molecular formula is C15H17N3O. The fourth-order valence-corrected chi connectivity index (χ4v) is 2.69. The van der Waals surface area contributed by atoms with E-state index in [4.69, 9.17) is 0 Å². The number of aromatic nitrogens is 2. The number of aryl methyl sites for hydroxylation is 1. The number of hydrogen-bond donors (Lipinski definition) is 1. The number of nitrogens with one attached hydrogen (secondary N) is 1. The Hall–Kier alpha value is -2.10. The van der Waals surface area contributed by atoms with Gasteiger partial charge in [-0.3, -0.25) is 4.79 Å². The zero-order valence-corrected chi connectivity index (χ0v) is 11.0. The molecule has 1 aromatic carbocycles. The van der Waals surface area contributed by atoms with Gasteiger partial charge in [0.25, 0.3) is 5.56 Å². The predicted molar refractivity (Wildman–Crippen MR) is 75.6 cm³/mol. The molecule has 0 amide bonds. The highest BCUT2D eigenvalue weighted by Crippen LogP contribution is 2.29. The summed E-state index contributed by atoms with van der Waals surface area (Å²) in [5.41, 5.74) is 1.29. The Balaban J connectivity index is 1.81. The molecule has 0 radical (unpaired) electrons. The second kappa shape index (κ2) is 4.88. The fraction of sp³-hybridized carbons (Fsp3) is 0.333. The molecule has 3 rings (SSSR count). The van der Waals surface area contributed by atoms with Crippen LogP contribution in [0.25, 0.3) is 0 Å². The van der Waals surface area contributed by atoms with Crippen molar-refractivity contribution >= 4 is 5.82 Å². The van der Waals surface area contributed by atoms with Crippen LogP contribution in [0.4, 0.5) is 5.82 Å². The summed E-state index contributed by atoms with van der Waals surface area (Å²) in [6.45, 7) is 3.70. The lowest BCUT2D eigenvalue weighted by atomic mass is 9.99. The van der Waals surface area contributed by atoms with Crippen LogP contribution in [-0.4, -0.2) is 23.1 Å². The minimum Gasteiger partial charge on any atom is -0.356 e. The van der Waals surface area contributed by atoms with E-state index < -0.39 is 0 Å². The Labute approximate surface area is 112 Å². The average molecular weight is 255 g/mol. The van der Waals surface area contributed by atoms with Crippen molar-refractivity contribution in [2.45, 2.75) is 19.3 Å². The van der Waals surface area contributed by atoms with Crippen LogP contribution in [0.15, 0.2) is 41.2 Å². The molecule has 19 heavy (non-hydrogen) atoms. The van der Waals surface area contributed by atoms with E-state index in [1.54, 1.807) is 6.07 Å². The summed E-state index contributed by atoms with van der Waals surface area (Å²) in [6, 6.07) is 12.1. The first-order chi connectivity index (χ1) is 9.22. The summed E-state index contributed by atoms with van der Waals surface area (Å²) in [5, 5.41) is 0. The van der Waals surface area contributed by atoms with Crippen LogP contribution < -0.4 is 10.5 Å². The Morgan fingerprint density at radius 2 is 2.11 bits per heavy atom. The van der Waals surface area contributed by atoms with Crippen LogP contribution in [0, 0.1) is 6.92 Å². The highest BCUT2D eigenvalue weighted by molar-refractivity contribution is 5.40. The molecule has 1 N–H and O–H groups in total. The lowest BCUT2D eigenvalue weighted by Crippen LogP contribution is -2.23. The summed E-state index contributed by atoms with van der Waals surface area (Å²) in [6.07, 6.45) is 1.11. The van der Waals surface area contributed by atoms with Crippen molar-refractivity contribution in [3.63, 3.8) is 0 Å². The smallest absolute Gasteiger partial charge is 0.252 e. The zero-order chi connectivity index (χ0) is 13.2. The van der Waals surface area contributed by atoms with Crippen LogP contribution >= 0.6 is 0 Å². The molecule has 1 aliphatic heterocycles. The summed E-state index contributed by atoms with van der Waals surface area (Å²) in [5.74, 6) is 1.99. The molecule has 0 aliphatic carbocycles. The van der Waals surface area contributed by atoms with Crippen molar-refractivity contribution in [1.29, 1.82) is 0 Å². The average Bonchev–Trinajstić information content (AvgIpc) is 2.88. The SMILES string of the molecule is Cc1nc(N2CCC(c3ccccc3)C2)cc(=O)[nH]1. The molecule has 1 aliphatic rings. The van der Waals surface area contributed by atoms with Crippen molar-refractivity contribution < 1.29 is 0 Å². The van der Waals surface area contributed by atoms with Gasteiger partial charge in [-0.25, -0.2) is 4.98 Å². The zero-order valence-electron chi connectivity index (χ0n) is 11.0. The standard InChI is InChI=1S/C15H17N3O/c1-11-16-14(9-15(19)17-11)18-8-7-13(10-18)12-5-3-2-4-6-12/h2-6,9,13H,7-8,10H2,1H3,(H,16,17,19). The molecule has 1 aromatic heterocycles. The van der Waals surface area contributed by atoms with Gasteiger partial charge in [0.1, 0.15) is 11.6 Å². The third-order valence-corrected chi connectivity index (χ3v) is 3.63. The Bertz CT molecular complexity index is 621. The molecule has 0 bridgehead atoms. The van der Waals surface area contributed by atoms with Crippen molar-refractivity contribution in [2.24, 2.45) is 0 Å². The van der Waals surface area contributed by atoms with Crippen molar-refractivity contribution in [3.05, 3.63) is 58.1 Å². The molecule has 4 nitrogen and oxygen atoms in total. The number of benzene rings is 1. The quantitative estimate of drug-likeness (QED) is 0.893. The van der Waals surface area contributed by atoms with E-state index >= 15 is 0 Å². The monoisotopic (exact) mass is 255 g/mol. The molecule has 1 saturated heterocycles. The van der Waals surface area contributed by atoms with Gasteiger partial charge in [0, 0.05) is 25.1 Å². The fourth-order valence-electron chi connectivity index (χ4n) is 2.69. The number of anilines is 1. The van der Waals surface area contributed by atoms with Crippen molar-refractivity contribution in [2.75, 3.05) is 18.0 Å². The summed E-state index contributed by atoms with van der Waals surface area (Å²) < 4.78 is 0. The first-order valence-corrected chi connectivity index (χ1v) is 6.60. The highest BCUT2D eigenvalue weighted by atomic mass is 16.1. The van der Waals surface area contributed by atoms with Gasteiger partial charge in [0.05, 0.1) is 0 Å². The molecule has 1 fully saturated rings. The van der Waals surface area contributed by atoms with Gasteiger partial charge in [-0.05, 0) is 18.9 Å². The maximum atomic E-state index is 11.5. The van der Waals surface area contributed by atoms with E-state index in [-0.39, 0.29) is 5.56 Å². The van der Waals surface area contributed by atoms with Crippen molar-refractivity contribution in [1.82, 2.24) is 9.97 Å². The third kappa shape index (κ3) is 2.52. The maximum absolute atomic E-state index is 11.5. The van der Waals surface area contributed by atoms with E-state index in [1.807, 2.05) is 13.0 Å². The van der Waals surface area contributed by atoms with Crippen LogP contribution in [0.5, 0.6) is 0 Å². The second-order valence-electron chi connectivity index (χ2n) is 5.03. The normalized spacial score (nSPS) is 18.8. The second-order valence-corrected chi connectivity index (χ2v) is 5.03. The van der Waals surface area contributed by atoms with E-state index in [9.17, 15) is 4.79 Å². The molecule has 0 spiro atoms. The van der Waals surface area contributed by atoms with E-state index in [0.29, 0.717) is 11.7 Å². The molecule has 0 saturated carbocycles. The third-order valence-electron chi connectivity index (χ3n) is 3.63. The number of hydrogen-bond acceptors (Lipinski definition) is 3. The van der Waals surface area contributed by atoms with Crippen molar-refractivity contribution in [3.8, 4) is 0 Å². The Morgan fingerprint density at radius 3 is 2.84 bits per heavy atom. The van der Waals surface area contributed by atoms with Gasteiger partial charge in [-0.2, -0.15) is 0 Å². The first-order valence-electron chi connectivity index (χ1n) is 6.60. The molecule has 4 heteroatoms. The topological polar surface area (TPSA) is 49.0 Å². The maximum Gasteiger partial charge on any atom is 0.252 e. The van der Waals surface area contributed by atoms with Gasteiger partial charge >= 0.3 is 0 Å². The first kappa shape index (κ1) is 12.0. The van der Waals surface area contributed by atoms with Crippen LogP contribution in [0.3, 0.4) is 0 Å². The largest absolute Gasteiger partial charge is 0.356 e. The molecule has 2 heterocycles. The van der Waals surface area contributed by atoms with Gasteiger partial charge < -0.3 is 9.88 Å². The van der Waals surface area contributed by atoms with E-state index in [1.165, 1.54) is 5.56 Å². The van der Waals surface area contributed by atoms with Gasteiger partial charge in [-0.15, -0.1) is 0 Å². The van der Waals surface area contributed by atoms with Gasteiger partial charge in [0.15, 0.2) is 0 Å².